The zero-order valence-electron chi connectivity index (χ0n) is 17.2. The molecule has 0 aromatic rings. The minimum absolute atomic E-state index is 0. The number of hydrogen-bond donors (Lipinski definition) is 0. The molecule has 0 aromatic carbocycles. The number of nitrogens with zero attached hydrogens (tertiary/aromatic N) is 4. The Morgan fingerprint density at radius 1 is 0.567 bits per heavy atom. The Kier molecular flexibility index (Phi) is 6.10. The smallest absolute Gasteiger partial charge is 0.0691 e. The van der Waals surface area contributed by atoms with Crippen molar-refractivity contribution in [3.63, 3.8) is 0 Å². The van der Waals surface area contributed by atoms with Crippen LogP contribution < -0.4 is 0 Å². The molecule has 5 aliphatic rings. The molecular weight excluding hydrogens is 422 g/mol. The molecule has 0 unspecified atom stereocenters. The maximum absolute atomic E-state index is 4.87. The van der Waals surface area contributed by atoms with Crippen molar-refractivity contribution in [1.29, 1.82) is 0 Å². The van der Waals surface area contributed by atoms with Crippen LogP contribution >= 0.6 is 0 Å². The van der Waals surface area contributed by atoms with Crippen molar-refractivity contribution in [3.05, 3.63) is 95.2 Å². The summed E-state index contributed by atoms with van der Waals surface area (Å²) in [6.07, 6.45) is 27.1. The van der Waals surface area contributed by atoms with Crippen LogP contribution in [0.15, 0.2) is 115 Å². The largest absolute Gasteiger partial charge is 0.249 e. The number of unbranched alkanes of at least 4 members (excludes halogenated alkanes) is 2. The molecule has 30 heavy (non-hydrogen) atoms. The summed E-state index contributed by atoms with van der Waals surface area (Å²) in [7, 11) is 0. The van der Waals surface area contributed by atoms with Crippen LogP contribution in [0.5, 0.6) is 0 Å². The number of aliphatic imine (C=N–C) groups is 4. The molecule has 8 bridgehead atoms. The van der Waals surface area contributed by atoms with Gasteiger partial charge in [0.05, 0.1) is 45.6 Å². The van der Waals surface area contributed by atoms with Gasteiger partial charge in [-0.3, -0.25) is 0 Å². The average molecular weight is 444 g/mol. The summed E-state index contributed by atoms with van der Waals surface area (Å²) in [5.74, 6) is 0. The van der Waals surface area contributed by atoms with E-state index in [0.29, 0.717) is 0 Å². The third-order valence-electron chi connectivity index (χ3n) is 5.17. The number of rotatable bonds is 4. The number of allylic oxidation sites excluding steroid dienone is 12. The first kappa shape index (κ1) is 20.5. The van der Waals surface area contributed by atoms with Crippen LogP contribution in [0.4, 0.5) is 0 Å². The molecule has 0 atom stereocenters. The standard InChI is InChI=1S/C25H22N4.Zn/c1-2-3-4-5-17-12-24-15-22-9-8-20(27-22)13-18-6-7-19(26-18)14-21-10-11-23(28-21)16-25(17)29-24;/h6-16H,2-5H2,1H3;. The number of hydrogen-bond acceptors (Lipinski definition) is 4. The van der Waals surface area contributed by atoms with Crippen molar-refractivity contribution in [3.8, 4) is 0 Å². The van der Waals surface area contributed by atoms with Crippen LogP contribution in [-0.2, 0) is 19.5 Å². The van der Waals surface area contributed by atoms with Gasteiger partial charge in [-0.1, -0.05) is 19.8 Å². The summed E-state index contributed by atoms with van der Waals surface area (Å²) < 4.78 is 0. The van der Waals surface area contributed by atoms with Crippen LogP contribution in [0.1, 0.15) is 32.6 Å². The Morgan fingerprint density at radius 3 is 1.67 bits per heavy atom. The van der Waals surface area contributed by atoms with Gasteiger partial charge in [0.1, 0.15) is 0 Å². The predicted octanol–water partition coefficient (Wildman–Crippen LogP) is 5.53. The molecular formula is C25H22N4Zn. The molecule has 5 aliphatic heterocycles. The van der Waals surface area contributed by atoms with Gasteiger partial charge < -0.3 is 0 Å². The van der Waals surface area contributed by atoms with Crippen LogP contribution in [0.3, 0.4) is 0 Å². The molecule has 0 spiro atoms. The van der Waals surface area contributed by atoms with Gasteiger partial charge in [0.25, 0.3) is 0 Å². The van der Waals surface area contributed by atoms with Crippen molar-refractivity contribution in [1.82, 2.24) is 0 Å². The molecule has 4 nitrogen and oxygen atoms in total. The molecule has 0 N–H and O–H groups in total. The topological polar surface area (TPSA) is 49.4 Å². The Hall–Kier alpha value is -2.78. The fourth-order valence-electron chi connectivity index (χ4n) is 3.72. The summed E-state index contributed by atoms with van der Waals surface area (Å²) in [5, 5.41) is 0. The molecule has 0 fully saturated rings. The molecule has 0 aliphatic carbocycles. The van der Waals surface area contributed by atoms with Crippen molar-refractivity contribution in [2.24, 2.45) is 20.0 Å². The molecule has 5 rings (SSSR count). The van der Waals surface area contributed by atoms with Gasteiger partial charge in [-0.05, 0) is 85.3 Å². The molecule has 144 valence electrons. The quantitative estimate of drug-likeness (QED) is 0.405. The fourth-order valence-corrected chi connectivity index (χ4v) is 3.72. The van der Waals surface area contributed by atoms with Crippen LogP contribution in [0.2, 0.25) is 0 Å². The molecule has 0 saturated carbocycles. The van der Waals surface area contributed by atoms with Crippen LogP contribution in [0, 0.1) is 0 Å². The van der Waals surface area contributed by atoms with Crippen molar-refractivity contribution < 1.29 is 19.5 Å². The van der Waals surface area contributed by atoms with Crippen LogP contribution in [0.25, 0.3) is 0 Å². The molecule has 0 amide bonds. The molecule has 0 aromatic heterocycles. The van der Waals surface area contributed by atoms with E-state index in [-0.39, 0.29) is 19.5 Å². The van der Waals surface area contributed by atoms with Gasteiger partial charge in [0, 0.05) is 19.5 Å². The normalized spacial score (nSPS) is 20.5. The van der Waals surface area contributed by atoms with Gasteiger partial charge in [-0.2, -0.15) is 0 Å². The maximum atomic E-state index is 4.87. The summed E-state index contributed by atoms with van der Waals surface area (Å²) in [6, 6.07) is 0. The van der Waals surface area contributed by atoms with Gasteiger partial charge in [-0.15, -0.1) is 0 Å². The Morgan fingerprint density at radius 2 is 1.10 bits per heavy atom. The van der Waals surface area contributed by atoms with E-state index >= 15 is 0 Å². The van der Waals surface area contributed by atoms with E-state index in [1.807, 2.05) is 54.7 Å². The van der Waals surface area contributed by atoms with Gasteiger partial charge in [0.2, 0.25) is 0 Å². The van der Waals surface area contributed by atoms with E-state index in [0.717, 1.165) is 52.1 Å². The maximum Gasteiger partial charge on any atom is 0.0691 e. The van der Waals surface area contributed by atoms with E-state index in [1.165, 1.54) is 24.8 Å². The van der Waals surface area contributed by atoms with Gasteiger partial charge in [0.15, 0.2) is 0 Å². The second kappa shape index (κ2) is 8.93. The minimum Gasteiger partial charge on any atom is -0.249 e. The zero-order chi connectivity index (χ0) is 19.6. The fraction of sp³-hybridized carbons (Fsp3) is 0.200. The first-order chi connectivity index (χ1) is 14.2. The Bertz CT molecular complexity index is 1140. The summed E-state index contributed by atoms with van der Waals surface area (Å²) in [5.41, 5.74) is 8.70. The summed E-state index contributed by atoms with van der Waals surface area (Å²) in [4.78, 5) is 19.0. The average Bonchev–Trinajstić information content (AvgIpc) is 3.47. The SMILES string of the molecule is CCCCCC1=CC2=NC1=CC1=NC(=CC3=NC(=CC4=NC(=C2)C=C4)C=C3)C=C1.[Zn]. The van der Waals surface area contributed by atoms with Gasteiger partial charge >= 0.3 is 0 Å². The van der Waals surface area contributed by atoms with E-state index in [1.54, 1.807) is 0 Å². The predicted molar refractivity (Wildman–Crippen MR) is 122 cm³/mol. The van der Waals surface area contributed by atoms with Gasteiger partial charge in [-0.25, -0.2) is 20.0 Å². The first-order valence-electron chi connectivity index (χ1n) is 10.2. The van der Waals surface area contributed by atoms with E-state index < -0.39 is 0 Å². The van der Waals surface area contributed by atoms with E-state index in [2.05, 4.69) is 24.1 Å². The number of fused-ring (bicyclic) bond motifs is 4. The minimum atomic E-state index is 0. The van der Waals surface area contributed by atoms with E-state index in [9.17, 15) is 0 Å². The molecule has 5 heteroatoms. The van der Waals surface area contributed by atoms with Crippen molar-refractivity contribution in [2.75, 3.05) is 0 Å². The van der Waals surface area contributed by atoms with E-state index in [4.69, 9.17) is 15.0 Å². The van der Waals surface area contributed by atoms with Crippen LogP contribution in [-0.4, -0.2) is 22.8 Å². The Labute approximate surface area is 189 Å². The third-order valence-corrected chi connectivity index (χ3v) is 5.17. The summed E-state index contributed by atoms with van der Waals surface area (Å²) in [6.45, 7) is 2.23. The monoisotopic (exact) mass is 442 g/mol. The molecule has 0 saturated heterocycles. The zero-order valence-corrected chi connectivity index (χ0v) is 20.1. The third kappa shape index (κ3) is 4.52. The molecule has 5 heterocycles. The second-order valence-electron chi connectivity index (χ2n) is 7.51. The van der Waals surface area contributed by atoms with Crippen molar-refractivity contribution in [2.45, 2.75) is 32.6 Å². The Balaban J connectivity index is 0.00000218. The van der Waals surface area contributed by atoms with Crippen molar-refractivity contribution >= 4 is 22.8 Å². The second-order valence-corrected chi connectivity index (χ2v) is 7.51. The first-order valence-corrected chi connectivity index (χ1v) is 10.2. The molecule has 0 radical (unpaired) electrons. The summed E-state index contributed by atoms with van der Waals surface area (Å²) >= 11 is 0.